The highest BCUT2D eigenvalue weighted by molar-refractivity contribution is 5.80. The van der Waals surface area contributed by atoms with Gasteiger partial charge in [0.1, 0.15) is 0 Å². The van der Waals surface area contributed by atoms with E-state index in [0.29, 0.717) is 37.9 Å². The molecule has 1 aliphatic heterocycles. The Morgan fingerprint density at radius 3 is 2.39 bits per heavy atom. The van der Waals surface area contributed by atoms with Crippen molar-refractivity contribution in [2.45, 2.75) is 26.7 Å². The van der Waals surface area contributed by atoms with Crippen LogP contribution in [0.3, 0.4) is 0 Å². The van der Waals surface area contributed by atoms with Crippen molar-refractivity contribution in [3.63, 3.8) is 0 Å². The van der Waals surface area contributed by atoms with Crippen molar-refractivity contribution in [1.82, 2.24) is 25.3 Å². The van der Waals surface area contributed by atoms with Crippen LogP contribution in [0.5, 0.6) is 0 Å². The van der Waals surface area contributed by atoms with Crippen molar-refractivity contribution in [3.8, 4) is 0 Å². The normalized spacial score (nSPS) is 14.7. The van der Waals surface area contributed by atoms with Crippen molar-refractivity contribution < 1.29 is 18.9 Å². The van der Waals surface area contributed by atoms with E-state index in [2.05, 4.69) is 15.5 Å². The third-order valence-corrected chi connectivity index (χ3v) is 3.63. The molecule has 0 unspecified atom stereocenters. The van der Waals surface area contributed by atoms with Crippen molar-refractivity contribution >= 4 is 17.7 Å². The molecular formula is C14H21N5O4. The number of piperazine rings is 1. The summed E-state index contributed by atoms with van der Waals surface area (Å²) in [5.41, 5.74) is 0. The molecule has 9 nitrogen and oxygen atoms in total. The summed E-state index contributed by atoms with van der Waals surface area (Å²) >= 11 is 0. The second-order valence-corrected chi connectivity index (χ2v) is 5.39. The van der Waals surface area contributed by atoms with E-state index in [9.17, 15) is 14.4 Å². The van der Waals surface area contributed by atoms with Crippen LogP contribution in [0.4, 0.5) is 0 Å². The molecule has 0 spiro atoms. The minimum absolute atomic E-state index is 0.0242. The fourth-order valence-electron chi connectivity index (χ4n) is 2.36. The van der Waals surface area contributed by atoms with Gasteiger partial charge in [-0.15, -0.1) is 0 Å². The summed E-state index contributed by atoms with van der Waals surface area (Å²) in [4.78, 5) is 42.4. The molecule has 0 atom stereocenters. The van der Waals surface area contributed by atoms with E-state index >= 15 is 0 Å². The van der Waals surface area contributed by atoms with Gasteiger partial charge in [-0.3, -0.25) is 14.4 Å². The molecule has 3 amide bonds. The van der Waals surface area contributed by atoms with E-state index in [1.807, 2.05) is 0 Å². The van der Waals surface area contributed by atoms with Gasteiger partial charge in [-0.25, -0.2) is 0 Å². The Bertz CT molecular complexity index is 577. The zero-order valence-corrected chi connectivity index (χ0v) is 13.4. The standard InChI is InChI=1S/C14H21N5O4/c1-10-16-12(17-23-10)9-13(21)15-4-3-14(22)19-7-5-18(6-8-19)11(2)20/h3-9H2,1-2H3,(H,15,21). The maximum atomic E-state index is 12.0. The number of hydrogen-bond acceptors (Lipinski definition) is 6. The molecular weight excluding hydrogens is 302 g/mol. The lowest BCUT2D eigenvalue weighted by atomic mass is 10.2. The van der Waals surface area contributed by atoms with Crippen molar-refractivity contribution in [2.75, 3.05) is 32.7 Å². The average Bonchev–Trinajstić information content (AvgIpc) is 2.92. The number of carbonyl (C=O) groups is 3. The smallest absolute Gasteiger partial charge is 0.227 e. The van der Waals surface area contributed by atoms with E-state index in [-0.39, 0.29) is 37.1 Å². The Morgan fingerprint density at radius 1 is 1.17 bits per heavy atom. The summed E-state index contributed by atoms with van der Waals surface area (Å²) in [5, 5.41) is 6.30. The minimum atomic E-state index is -0.250. The predicted octanol–water partition coefficient (Wildman–Crippen LogP) is -0.882. The van der Waals surface area contributed by atoms with Gasteiger partial charge in [-0.05, 0) is 0 Å². The van der Waals surface area contributed by atoms with Gasteiger partial charge >= 0.3 is 0 Å². The summed E-state index contributed by atoms with van der Waals surface area (Å²) in [5.74, 6) is 0.490. The molecule has 0 aromatic carbocycles. The summed E-state index contributed by atoms with van der Waals surface area (Å²) < 4.78 is 4.78. The van der Waals surface area contributed by atoms with Crippen molar-refractivity contribution in [3.05, 3.63) is 11.7 Å². The van der Waals surface area contributed by atoms with Crippen LogP contribution in [0.25, 0.3) is 0 Å². The molecule has 2 rings (SSSR count). The molecule has 1 aliphatic rings. The molecule has 1 saturated heterocycles. The molecule has 2 heterocycles. The van der Waals surface area contributed by atoms with E-state index in [1.165, 1.54) is 6.92 Å². The Labute approximate surface area is 134 Å². The number of amides is 3. The molecule has 0 saturated carbocycles. The molecule has 0 bridgehead atoms. The van der Waals surface area contributed by atoms with Gasteiger partial charge in [0.25, 0.3) is 0 Å². The summed E-state index contributed by atoms with van der Waals surface area (Å²) in [6.45, 7) is 5.64. The Kier molecular flexibility index (Phi) is 5.67. The second kappa shape index (κ2) is 7.70. The largest absolute Gasteiger partial charge is 0.355 e. The number of carbonyl (C=O) groups excluding carboxylic acids is 3. The molecule has 1 aromatic heterocycles. The highest BCUT2D eigenvalue weighted by atomic mass is 16.5. The number of nitrogens with one attached hydrogen (secondary N) is 1. The quantitative estimate of drug-likeness (QED) is 0.753. The van der Waals surface area contributed by atoms with Gasteiger partial charge in [0.2, 0.25) is 23.6 Å². The molecule has 0 radical (unpaired) electrons. The molecule has 1 aromatic rings. The molecule has 1 N–H and O–H groups in total. The number of rotatable bonds is 5. The molecule has 23 heavy (non-hydrogen) atoms. The van der Waals surface area contributed by atoms with Crippen LogP contribution in [0.1, 0.15) is 25.1 Å². The second-order valence-electron chi connectivity index (χ2n) is 5.39. The Morgan fingerprint density at radius 2 is 1.83 bits per heavy atom. The lowest BCUT2D eigenvalue weighted by molar-refractivity contribution is -0.138. The summed E-state index contributed by atoms with van der Waals surface area (Å²) in [6.07, 6.45) is 0.264. The van der Waals surface area contributed by atoms with Crippen LogP contribution in [0, 0.1) is 6.92 Å². The number of nitrogens with zero attached hydrogens (tertiary/aromatic N) is 4. The van der Waals surface area contributed by atoms with E-state index in [4.69, 9.17) is 4.52 Å². The number of aromatic nitrogens is 2. The lowest BCUT2D eigenvalue weighted by Gasteiger charge is -2.34. The monoisotopic (exact) mass is 323 g/mol. The van der Waals surface area contributed by atoms with Gasteiger partial charge in [0.15, 0.2) is 5.82 Å². The third kappa shape index (κ3) is 5.04. The molecule has 0 aliphatic carbocycles. The topological polar surface area (TPSA) is 109 Å². The SMILES string of the molecule is CC(=O)N1CCN(C(=O)CCNC(=O)Cc2noc(C)n2)CC1. The van der Waals surface area contributed by atoms with Crippen molar-refractivity contribution in [2.24, 2.45) is 0 Å². The van der Waals surface area contributed by atoms with Crippen LogP contribution in [0.2, 0.25) is 0 Å². The van der Waals surface area contributed by atoms with E-state index in [0.717, 1.165) is 0 Å². The van der Waals surface area contributed by atoms with Gasteiger partial charge in [-0.1, -0.05) is 5.16 Å². The zero-order chi connectivity index (χ0) is 16.8. The van der Waals surface area contributed by atoms with Gasteiger partial charge in [0, 0.05) is 53.0 Å². The Hall–Kier alpha value is -2.45. The summed E-state index contributed by atoms with van der Waals surface area (Å²) in [7, 11) is 0. The zero-order valence-electron chi connectivity index (χ0n) is 13.4. The van der Waals surface area contributed by atoms with Crippen LogP contribution < -0.4 is 5.32 Å². The first-order valence-electron chi connectivity index (χ1n) is 7.55. The average molecular weight is 323 g/mol. The van der Waals surface area contributed by atoms with E-state index in [1.54, 1.807) is 16.7 Å². The Balaban J connectivity index is 1.65. The fourth-order valence-corrected chi connectivity index (χ4v) is 2.36. The lowest BCUT2D eigenvalue weighted by Crippen LogP contribution is -2.50. The predicted molar refractivity (Wildman–Crippen MR) is 79.2 cm³/mol. The fraction of sp³-hybridized carbons (Fsp3) is 0.643. The number of hydrogen-bond donors (Lipinski definition) is 1. The summed E-state index contributed by atoms with van der Waals surface area (Å²) in [6, 6.07) is 0. The first-order valence-corrected chi connectivity index (χ1v) is 7.55. The minimum Gasteiger partial charge on any atom is -0.355 e. The van der Waals surface area contributed by atoms with Gasteiger partial charge in [0.05, 0.1) is 6.42 Å². The maximum absolute atomic E-state index is 12.0. The highest BCUT2D eigenvalue weighted by Crippen LogP contribution is 2.04. The number of aryl methyl sites for hydroxylation is 1. The maximum Gasteiger partial charge on any atom is 0.227 e. The molecule has 9 heteroatoms. The van der Waals surface area contributed by atoms with Crippen LogP contribution in [-0.4, -0.2) is 70.4 Å². The van der Waals surface area contributed by atoms with Crippen LogP contribution >= 0.6 is 0 Å². The van der Waals surface area contributed by atoms with Gasteiger partial charge < -0.3 is 19.6 Å². The van der Waals surface area contributed by atoms with Crippen molar-refractivity contribution in [1.29, 1.82) is 0 Å². The van der Waals surface area contributed by atoms with Crippen LogP contribution in [0.15, 0.2) is 4.52 Å². The van der Waals surface area contributed by atoms with Gasteiger partial charge in [-0.2, -0.15) is 4.98 Å². The highest BCUT2D eigenvalue weighted by Gasteiger charge is 2.22. The third-order valence-electron chi connectivity index (χ3n) is 3.63. The first kappa shape index (κ1) is 16.9. The van der Waals surface area contributed by atoms with Crippen LogP contribution in [-0.2, 0) is 20.8 Å². The first-order chi connectivity index (χ1) is 11.0. The molecule has 1 fully saturated rings. The molecule has 126 valence electrons. The van der Waals surface area contributed by atoms with E-state index < -0.39 is 0 Å².